The Morgan fingerprint density at radius 2 is 1.97 bits per heavy atom. The molecule has 2 N–H and O–H groups in total. The van der Waals surface area contributed by atoms with E-state index in [4.69, 9.17) is 9.84 Å². The van der Waals surface area contributed by atoms with Crippen molar-refractivity contribution in [3.05, 3.63) is 53.6 Å². The predicted molar refractivity (Wildman–Crippen MR) is 115 cm³/mol. The topological polar surface area (TPSA) is 57.6 Å². The van der Waals surface area contributed by atoms with E-state index >= 15 is 0 Å². The largest absolute Gasteiger partial charge is 0.482 e. The molecule has 1 aliphatic rings. The number of hydrogen-bond acceptors (Lipinski definition) is 5. The Labute approximate surface area is 178 Å². The zero-order valence-electron chi connectivity index (χ0n) is 17.2. The maximum absolute atomic E-state index is 12.8. The first-order valence-corrected chi connectivity index (χ1v) is 10.2. The van der Waals surface area contributed by atoms with Crippen LogP contribution in [0.5, 0.6) is 5.75 Å². The average molecular weight is 431 g/mol. The van der Waals surface area contributed by atoms with E-state index < -0.39 is 12.8 Å². The highest BCUT2D eigenvalue weighted by molar-refractivity contribution is 6.02. The Hall–Kier alpha value is -3.00. The zero-order chi connectivity index (χ0) is 22.0. The van der Waals surface area contributed by atoms with Gasteiger partial charge in [0.15, 0.2) is 6.61 Å². The fourth-order valence-corrected chi connectivity index (χ4v) is 3.98. The Morgan fingerprint density at radius 3 is 2.71 bits per heavy atom. The molecule has 0 radical (unpaired) electrons. The molecule has 164 valence electrons. The van der Waals surface area contributed by atoms with Crippen LogP contribution in [0.25, 0.3) is 10.9 Å². The number of aliphatic hydroxyl groups excluding tert-OH is 1. The van der Waals surface area contributed by atoms with E-state index in [-0.39, 0.29) is 12.4 Å². The highest BCUT2D eigenvalue weighted by Gasteiger charge is 2.31. The van der Waals surface area contributed by atoms with Crippen molar-refractivity contribution in [2.45, 2.75) is 25.9 Å². The van der Waals surface area contributed by atoms with E-state index in [0.29, 0.717) is 24.3 Å². The van der Waals surface area contributed by atoms with Crippen molar-refractivity contribution in [1.29, 1.82) is 0 Å². The van der Waals surface area contributed by atoms with Crippen LogP contribution in [0, 0.1) is 6.92 Å². The van der Waals surface area contributed by atoms with Crippen LogP contribution in [0.15, 0.2) is 42.5 Å². The summed E-state index contributed by atoms with van der Waals surface area (Å²) in [7, 11) is 0. The average Bonchev–Trinajstić information content (AvgIpc) is 3.18. The maximum Gasteiger partial charge on any atom is 0.422 e. The normalized spacial score (nSPS) is 13.5. The molecule has 1 aliphatic heterocycles. The van der Waals surface area contributed by atoms with Crippen molar-refractivity contribution in [2.75, 3.05) is 36.5 Å². The van der Waals surface area contributed by atoms with Crippen LogP contribution >= 0.6 is 0 Å². The van der Waals surface area contributed by atoms with Crippen molar-refractivity contribution in [3.63, 3.8) is 0 Å². The smallest absolute Gasteiger partial charge is 0.422 e. The molecular weight excluding hydrogens is 407 g/mol. The number of fused-ring (bicyclic) bond motifs is 3. The number of pyridine rings is 1. The van der Waals surface area contributed by atoms with Crippen LogP contribution in [-0.2, 0) is 6.42 Å². The molecule has 0 atom stereocenters. The molecule has 8 heteroatoms. The van der Waals surface area contributed by atoms with Gasteiger partial charge in [0.25, 0.3) is 0 Å². The van der Waals surface area contributed by atoms with E-state index in [9.17, 15) is 13.2 Å². The van der Waals surface area contributed by atoms with Crippen LogP contribution in [0.3, 0.4) is 0 Å². The summed E-state index contributed by atoms with van der Waals surface area (Å²) in [6.45, 7) is 1.95. The van der Waals surface area contributed by atoms with Gasteiger partial charge in [0, 0.05) is 36.3 Å². The summed E-state index contributed by atoms with van der Waals surface area (Å²) in [5, 5.41) is 13.1. The van der Waals surface area contributed by atoms with Gasteiger partial charge in [0.2, 0.25) is 0 Å². The number of nitrogens with one attached hydrogen (secondary N) is 1. The molecular formula is C23H24F3N3O2. The van der Waals surface area contributed by atoms with Gasteiger partial charge in [-0.15, -0.1) is 0 Å². The van der Waals surface area contributed by atoms with Crippen molar-refractivity contribution in [1.82, 2.24) is 4.98 Å². The Morgan fingerprint density at radius 1 is 1.16 bits per heavy atom. The van der Waals surface area contributed by atoms with Crippen LogP contribution < -0.4 is 15.0 Å². The van der Waals surface area contributed by atoms with E-state index in [1.165, 1.54) is 6.07 Å². The summed E-state index contributed by atoms with van der Waals surface area (Å²) < 4.78 is 43.5. The van der Waals surface area contributed by atoms with Crippen molar-refractivity contribution in [3.8, 4) is 5.75 Å². The van der Waals surface area contributed by atoms with Gasteiger partial charge < -0.3 is 20.1 Å². The minimum Gasteiger partial charge on any atom is -0.482 e. The first-order chi connectivity index (χ1) is 14.9. The van der Waals surface area contributed by atoms with E-state index in [1.807, 2.05) is 37.3 Å². The molecule has 0 spiro atoms. The first-order valence-electron chi connectivity index (χ1n) is 10.2. The number of anilines is 3. The SMILES string of the molecule is Cc1ccccc1N1CCc2c(NCCCO)nc3c(OCC(F)(F)F)cccc3c21. The van der Waals surface area contributed by atoms with Gasteiger partial charge >= 0.3 is 6.18 Å². The molecule has 0 bridgehead atoms. The summed E-state index contributed by atoms with van der Waals surface area (Å²) in [5.41, 5.74) is 4.50. The third-order valence-corrected chi connectivity index (χ3v) is 5.33. The second-order valence-electron chi connectivity index (χ2n) is 7.54. The Balaban J connectivity index is 1.86. The van der Waals surface area contributed by atoms with Gasteiger partial charge in [0.05, 0.1) is 5.69 Å². The molecule has 31 heavy (non-hydrogen) atoms. The van der Waals surface area contributed by atoms with Crippen LogP contribution in [0.2, 0.25) is 0 Å². The molecule has 4 rings (SSSR count). The molecule has 0 saturated carbocycles. The highest BCUT2D eigenvalue weighted by Crippen LogP contribution is 2.45. The van der Waals surface area contributed by atoms with Gasteiger partial charge in [-0.3, -0.25) is 0 Å². The monoisotopic (exact) mass is 431 g/mol. The molecule has 2 aromatic carbocycles. The second kappa shape index (κ2) is 8.63. The number of para-hydroxylation sites is 2. The maximum atomic E-state index is 12.8. The summed E-state index contributed by atoms with van der Waals surface area (Å²) in [6, 6.07) is 13.1. The summed E-state index contributed by atoms with van der Waals surface area (Å²) in [5.74, 6) is 0.717. The molecule has 1 aromatic heterocycles. The van der Waals surface area contributed by atoms with Crippen LogP contribution in [-0.4, -0.2) is 42.6 Å². The number of alkyl halides is 3. The molecule has 0 unspecified atom stereocenters. The number of aliphatic hydroxyl groups is 1. The lowest BCUT2D eigenvalue weighted by molar-refractivity contribution is -0.153. The summed E-state index contributed by atoms with van der Waals surface area (Å²) >= 11 is 0. The predicted octanol–water partition coefficient (Wildman–Crippen LogP) is 4.97. The minimum absolute atomic E-state index is 0.0397. The lowest BCUT2D eigenvalue weighted by Gasteiger charge is -2.24. The number of rotatable bonds is 7. The quantitative estimate of drug-likeness (QED) is 0.517. The van der Waals surface area contributed by atoms with Crippen molar-refractivity contribution in [2.24, 2.45) is 0 Å². The molecule has 0 fully saturated rings. The number of hydrogen-bond donors (Lipinski definition) is 2. The second-order valence-corrected chi connectivity index (χ2v) is 7.54. The van der Waals surface area contributed by atoms with Gasteiger partial charge in [-0.2, -0.15) is 13.2 Å². The number of halogens is 3. The first kappa shape index (κ1) is 21.2. The third-order valence-electron chi connectivity index (χ3n) is 5.33. The number of benzene rings is 2. The van der Waals surface area contributed by atoms with Gasteiger partial charge in [-0.25, -0.2) is 4.98 Å². The molecule has 5 nitrogen and oxygen atoms in total. The lowest BCUT2D eigenvalue weighted by atomic mass is 10.1. The van der Waals surface area contributed by atoms with Gasteiger partial charge in [0.1, 0.15) is 17.1 Å². The number of nitrogens with zero attached hydrogens (tertiary/aromatic N) is 2. The summed E-state index contributed by atoms with van der Waals surface area (Å²) in [6.07, 6.45) is -3.14. The zero-order valence-corrected chi connectivity index (χ0v) is 17.2. The number of ether oxygens (including phenoxy) is 1. The van der Waals surface area contributed by atoms with Gasteiger partial charge in [-0.05, 0) is 37.5 Å². The van der Waals surface area contributed by atoms with Crippen LogP contribution in [0.4, 0.5) is 30.4 Å². The Bertz CT molecular complexity index is 1090. The van der Waals surface area contributed by atoms with E-state index in [2.05, 4.69) is 15.2 Å². The van der Waals surface area contributed by atoms with Crippen molar-refractivity contribution < 1.29 is 23.0 Å². The third kappa shape index (κ3) is 4.39. The standard InChI is InChI=1S/C23H24F3N3O2/c1-15-6-2-3-8-18(15)29-12-10-17-21(29)16-7-4-9-19(31-14-23(24,25)26)20(16)28-22(17)27-11-5-13-30/h2-4,6-9,30H,5,10-14H2,1H3,(H,27,28). The van der Waals surface area contributed by atoms with E-state index in [1.54, 1.807) is 6.07 Å². The Kier molecular flexibility index (Phi) is 5.91. The molecule has 2 heterocycles. The molecule has 0 saturated heterocycles. The fraction of sp³-hybridized carbons (Fsp3) is 0.348. The van der Waals surface area contributed by atoms with Crippen molar-refractivity contribution >= 4 is 28.1 Å². The molecule has 0 amide bonds. The fourth-order valence-electron chi connectivity index (χ4n) is 3.98. The highest BCUT2D eigenvalue weighted by atomic mass is 19.4. The number of aryl methyl sites for hydroxylation is 1. The lowest BCUT2D eigenvalue weighted by Crippen LogP contribution is -2.19. The molecule has 0 aliphatic carbocycles. The van der Waals surface area contributed by atoms with Crippen LogP contribution in [0.1, 0.15) is 17.5 Å². The number of aromatic nitrogens is 1. The van der Waals surface area contributed by atoms with Gasteiger partial charge in [-0.1, -0.05) is 30.3 Å². The minimum atomic E-state index is -4.44. The molecule has 3 aromatic rings. The summed E-state index contributed by atoms with van der Waals surface area (Å²) in [4.78, 5) is 6.85. The van der Waals surface area contributed by atoms with E-state index in [0.717, 1.165) is 40.9 Å².